The van der Waals surface area contributed by atoms with Gasteiger partial charge in [0.25, 0.3) is 0 Å². The number of benzene rings is 2. The molecule has 0 radical (unpaired) electrons. The maximum absolute atomic E-state index is 12.8. The van der Waals surface area contributed by atoms with Crippen molar-refractivity contribution in [2.24, 2.45) is 0 Å². The van der Waals surface area contributed by atoms with Crippen molar-refractivity contribution < 1.29 is 9.53 Å². The number of carbonyl (C=O) groups is 1. The van der Waals surface area contributed by atoms with Gasteiger partial charge in [0.05, 0.1) is 13.7 Å². The van der Waals surface area contributed by atoms with Crippen LogP contribution in [0.4, 0.5) is 5.69 Å². The fraction of sp³-hybridized carbons (Fsp3) is 0.286. The molecule has 0 aliphatic carbocycles. The normalized spacial score (nSPS) is 13.0. The molecule has 1 heterocycles. The number of fused-ring (bicyclic) bond motifs is 1. The van der Waals surface area contributed by atoms with Gasteiger partial charge < -0.3 is 9.64 Å². The monoisotopic (exact) mass is 336 g/mol. The van der Waals surface area contributed by atoms with E-state index in [1.807, 2.05) is 53.4 Å². The number of carbonyl (C=O) groups excluding carboxylic acids is 1. The largest absolute Gasteiger partial charge is 0.497 e. The molecular weight excluding hydrogens is 312 g/mol. The van der Waals surface area contributed by atoms with Crippen molar-refractivity contribution in [1.82, 2.24) is 4.90 Å². The third kappa shape index (κ3) is 4.09. The lowest BCUT2D eigenvalue weighted by molar-refractivity contribution is -0.119. The summed E-state index contributed by atoms with van der Waals surface area (Å²) in [4.78, 5) is 16.8. The first kappa shape index (κ1) is 17.2. The van der Waals surface area contributed by atoms with Crippen LogP contribution in [0.15, 0.2) is 61.2 Å². The molecule has 0 unspecified atom stereocenters. The molecule has 4 heteroatoms. The lowest BCUT2D eigenvalue weighted by Gasteiger charge is -2.24. The van der Waals surface area contributed by atoms with E-state index in [-0.39, 0.29) is 5.91 Å². The SMILES string of the molecule is C=CCN(CC(=O)N1CCc2ccccc21)Cc1ccc(OC)cc1. The number of methoxy groups -OCH3 is 1. The molecule has 0 bridgehead atoms. The van der Waals surface area contributed by atoms with Crippen LogP contribution in [0.2, 0.25) is 0 Å². The number of amides is 1. The molecule has 0 saturated heterocycles. The van der Waals surface area contributed by atoms with E-state index in [0.29, 0.717) is 19.6 Å². The fourth-order valence-electron chi connectivity index (χ4n) is 3.23. The van der Waals surface area contributed by atoms with Gasteiger partial charge in [-0.25, -0.2) is 0 Å². The van der Waals surface area contributed by atoms with Gasteiger partial charge in [0.15, 0.2) is 0 Å². The third-order valence-electron chi connectivity index (χ3n) is 4.50. The Hall–Kier alpha value is -2.59. The Kier molecular flexibility index (Phi) is 5.51. The molecule has 0 fully saturated rings. The summed E-state index contributed by atoms with van der Waals surface area (Å²) >= 11 is 0. The van der Waals surface area contributed by atoms with E-state index in [4.69, 9.17) is 4.74 Å². The molecule has 2 aromatic rings. The fourth-order valence-corrected chi connectivity index (χ4v) is 3.23. The number of ether oxygens (including phenoxy) is 1. The Morgan fingerprint density at radius 2 is 2.00 bits per heavy atom. The minimum Gasteiger partial charge on any atom is -0.497 e. The molecule has 1 amide bonds. The van der Waals surface area contributed by atoms with E-state index >= 15 is 0 Å². The first-order valence-corrected chi connectivity index (χ1v) is 8.55. The predicted molar refractivity (Wildman–Crippen MR) is 101 cm³/mol. The van der Waals surface area contributed by atoms with E-state index in [2.05, 4.69) is 17.5 Å². The number of nitrogens with zero attached hydrogens (tertiary/aromatic N) is 2. The van der Waals surface area contributed by atoms with Gasteiger partial charge in [-0.15, -0.1) is 6.58 Å². The van der Waals surface area contributed by atoms with Crippen molar-refractivity contribution in [1.29, 1.82) is 0 Å². The number of para-hydroxylation sites is 1. The summed E-state index contributed by atoms with van der Waals surface area (Å²) in [6.07, 6.45) is 2.77. The molecule has 1 aliphatic rings. The molecular formula is C21H24N2O2. The number of hydrogen-bond acceptors (Lipinski definition) is 3. The second-order valence-electron chi connectivity index (χ2n) is 6.23. The summed E-state index contributed by atoms with van der Waals surface area (Å²) < 4.78 is 5.20. The van der Waals surface area contributed by atoms with Crippen LogP contribution in [0, 0.1) is 0 Å². The van der Waals surface area contributed by atoms with Crippen molar-refractivity contribution in [2.75, 3.05) is 31.6 Å². The zero-order valence-electron chi connectivity index (χ0n) is 14.6. The molecule has 130 valence electrons. The third-order valence-corrected chi connectivity index (χ3v) is 4.50. The molecule has 1 aliphatic heterocycles. The van der Waals surface area contributed by atoms with Gasteiger partial charge >= 0.3 is 0 Å². The summed E-state index contributed by atoms with van der Waals surface area (Å²) in [7, 11) is 1.66. The Morgan fingerprint density at radius 1 is 1.24 bits per heavy atom. The van der Waals surface area contributed by atoms with Crippen molar-refractivity contribution in [2.45, 2.75) is 13.0 Å². The van der Waals surface area contributed by atoms with E-state index < -0.39 is 0 Å². The Bertz CT molecular complexity index is 740. The van der Waals surface area contributed by atoms with Crippen LogP contribution in [0.1, 0.15) is 11.1 Å². The molecule has 0 spiro atoms. The van der Waals surface area contributed by atoms with Gasteiger partial charge in [-0.05, 0) is 35.7 Å². The smallest absolute Gasteiger partial charge is 0.241 e. The lowest BCUT2D eigenvalue weighted by atomic mass is 10.2. The van der Waals surface area contributed by atoms with Crippen LogP contribution in [-0.4, -0.2) is 37.6 Å². The average Bonchev–Trinajstić information content (AvgIpc) is 3.07. The van der Waals surface area contributed by atoms with Crippen molar-refractivity contribution >= 4 is 11.6 Å². The van der Waals surface area contributed by atoms with Gasteiger partial charge in [0, 0.05) is 25.3 Å². The molecule has 0 aromatic heterocycles. The average molecular weight is 336 g/mol. The summed E-state index contributed by atoms with van der Waals surface area (Å²) in [5.41, 5.74) is 3.45. The zero-order chi connectivity index (χ0) is 17.6. The summed E-state index contributed by atoms with van der Waals surface area (Å²) in [5, 5.41) is 0. The molecule has 4 nitrogen and oxygen atoms in total. The van der Waals surface area contributed by atoms with Crippen molar-refractivity contribution in [3.8, 4) is 5.75 Å². The Balaban J connectivity index is 1.67. The molecule has 2 aromatic carbocycles. The number of rotatable bonds is 7. The maximum Gasteiger partial charge on any atom is 0.241 e. The summed E-state index contributed by atoms with van der Waals surface area (Å²) in [6, 6.07) is 16.1. The van der Waals surface area contributed by atoms with Crippen LogP contribution < -0.4 is 9.64 Å². The van der Waals surface area contributed by atoms with E-state index in [1.54, 1.807) is 7.11 Å². The lowest BCUT2D eigenvalue weighted by Crippen LogP contribution is -2.39. The molecule has 0 saturated carbocycles. The number of hydrogen-bond donors (Lipinski definition) is 0. The minimum absolute atomic E-state index is 0.139. The van der Waals surface area contributed by atoms with E-state index in [0.717, 1.165) is 30.0 Å². The second kappa shape index (κ2) is 7.99. The first-order valence-electron chi connectivity index (χ1n) is 8.55. The maximum atomic E-state index is 12.8. The predicted octanol–water partition coefficient (Wildman–Crippen LogP) is 3.27. The van der Waals surface area contributed by atoms with Crippen molar-refractivity contribution in [3.05, 3.63) is 72.3 Å². The van der Waals surface area contributed by atoms with Crippen LogP contribution in [0.3, 0.4) is 0 Å². The second-order valence-corrected chi connectivity index (χ2v) is 6.23. The Labute approximate surface area is 149 Å². The quantitative estimate of drug-likeness (QED) is 0.728. The highest BCUT2D eigenvalue weighted by Crippen LogP contribution is 2.27. The number of anilines is 1. The standard InChI is InChI=1S/C21H24N2O2/c1-3-13-22(15-17-8-10-19(25-2)11-9-17)16-21(24)23-14-12-18-6-4-5-7-20(18)23/h3-11H,1,12-16H2,2H3. The topological polar surface area (TPSA) is 32.8 Å². The molecule has 3 rings (SSSR count). The first-order chi connectivity index (χ1) is 12.2. The summed E-state index contributed by atoms with van der Waals surface area (Å²) in [6.45, 7) is 6.35. The highest BCUT2D eigenvalue weighted by atomic mass is 16.5. The minimum atomic E-state index is 0.139. The highest BCUT2D eigenvalue weighted by Gasteiger charge is 2.25. The van der Waals surface area contributed by atoms with Crippen LogP contribution >= 0.6 is 0 Å². The van der Waals surface area contributed by atoms with Crippen LogP contribution in [0.25, 0.3) is 0 Å². The van der Waals surface area contributed by atoms with E-state index in [1.165, 1.54) is 5.56 Å². The van der Waals surface area contributed by atoms with Crippen LogP contribution in [0.5, 0.6) is 5.75 Å². The summed E-state index contributed by atoms with van der Waals surface area (Å²) in [5.74, 6) is 0.976. The zero-order valence-corrected chi connectivity index (χ0v) is 14.6. The van der Waals surface area contributed by atoms with Gasteiger partial charge in [0.2, 0.25) is 5.91 Å². The Morgan fingerprint density at radius 3 is 2.72 bits per heavy atom. The molecule has 0 N–H and O–H groups in total. The highest BCUT2D eigenvalue weighted by molar-refractivity contribution is 5.96. The van der Waals surface area contributed by atoms with Crippen LogP contribution in [-0.2, 0) is 17.8 Å². The van der Waals surface area contributed by atoms with Gasteiger partial charge in [-0.3, -0.25) is 9.69 Å². The van der Waals surface area contributed by atoms with Gasteiger partial charge in [-0.1, -0.05) is 36.4 Å². The molecule has 0 atom stereocenters. The van der Waals surface area contributed by atoms with Crippen molar-refractivity contribution in [3.63, 3.8) is 0 Å². The van der Waals surface area contributed by atoms with Gasteiger partial charge in [-0.2, -0.15) is 0 Å². The van der Waals surface area contributed by atoms with E-state index in [9.17, 15) is 4.79 Å². The van der Waals surface area contributed by atoms with Gasteiger partial charge in [0.1, 0.15) is 5.75 Å². The molecule has 25 heavy (non-hydrogen) atoms.